The van der Waals surface area contributed by atoms with Gasteiger partial charge in [-0.05, 0) is 65.8 Å². The zero-order chi connectivity index (χ0) is 24.5. The molecule has 0 unspecified atom stereocenters. The molecule has 2 amide bonds. The van der Waals surface area contributed by atoms with Gasteiger partial charge < -0.3 is 15.4 Å². The molecule has 0 spiro atoms. The molecule has 0 saturated carbocycles. The lowest BCUT2D eigenvalue weighted by Gasteiger charge is -2.12. The number of rotatable bonds is 7. The molecule has 0 radical (unpaired) electrons. The molecule has 35 heavy (non-hydrogen) atoms. The molecule has 0 saturated heterocycles. The summed E-state index contributed by atoms with van der Waals surface area (Å²) in [5, 5.41) is 8.57. The molecule has 0 aliphatic rings. The standard InChI is InChI=1S/C28H23N3O3S/c32-26(19-34-25-12-5-2-6-13-25)29-23-10-7-11-24(18-23)30-28(35)31-27(33)22-16-14-21(15-17-22)20-8-3-1-4-9-20/h1-18H,19H2,(H,29,32)(H2,30,31,33,35). The molecule has 0 fully saturated rings. The van der Waals surface area contributed by atoms with Crippen LogP contribution in [-0.4, -0.2) is 23.5 Å². The largest absolute Gasteiger partial charge is 0.484 e. The first kappa shape index (κ1) is 23.7. The van der Waals surface area contributed by atoms with Crippen LogP contribution >= 0.6 is 12.2 Å². The molecule has 4 aromatic carbocycles. The Bertz CT molecular complexity index is 1310. The minimum atomic E-state index is -0.315. The van der Waals surface area contributed by atoms with Gasteiger partial charge in [0, 0.05) is 16.9 Å². The van der Waals surface area contributed by atoms with Gasteiger partial charge in [0.15, 0.2) is 11.7 Å². The summed E-state index contributed by atoms with van der Waals surface area (Å²) in [5.74, 6) is 0.0133. The van der Waals surface area contributed by atoms with E-state index in [0.29, 0.717) is 22.7 Å². The summed E-state index contributed by atoms with van der Waals surface area (Å²) < 4.78 is 5.46. The smallest absolute Gasteiger partial charge is 0.262 e. The number of ether oxygens (including phenoxy) is 1. The highest BCUT2D eigenvalue weighted by Gasteiger charge is 2.10. The molecule has 174 valence electrons. The van der Waals surface area contributed by atoms with Gasteiger partial charge in [0.1, 0.15) is 5.75 Å². The predicted octanol–water partition coefficient (Wildman–Crippen LogP) is 5.50. The summed E-state index contributed by atoms with van der Waals surface area (Å²) in [5.41, 5.74) is 3.79. The third-order valence-corrected chi connectivity index (χ3v) is 5.20. The molecule has 0 heterocycles. The number of nitrogens with one attached hydrogen (secondary N) is 3. The highest BCUT2D eigenvalue weighted by atomic mass is 32.1. The average molecular weight is 482 g/mol. The minimum Gasteiger partial charge on any atom is -0.484 e. The zero-order valence-corrected chi connectivity index (χ0v) is 19.5. The van der Waals surface area contributed by atoms with Gasteiger partial charge >= 0.3 is 0 Å². The van der Waals surface area contributed by atoms with Crippen molar-refractivity contribution < 1.29 is 14.3 Å². The van der Waals surface area contributed by atoms with E-state index >= 15 is 0 Å². The Hall–Kier alpha value is -4.49. The number of hydrogen-bond acceptors (Lipinski definition) is 4. The molecule has 0 aromatic heterocycles. The molecule has 0 bridgehead atoms. The molecule has 7 heteroatoms. The van der Waals surface area contributed by atoms with Crippen LogP contribution in [0.4, 0.5) is 11.4 Å². The summed E-state index contributed by atoms with van der Waals surface area (Å²) in [7, 11) is 0. The number of hydrogen-bond donors (Lipinski definition) is 3. The van der Waals surface area contributed by atoms with E-state index in [9.17, 15) is 9.59 Å². The summed E-state index contributed by atoms with van der Waals surface area (Å²) in [4.78, 5) is 24.8. The van der Waals surface area contributed by atoms with Gasteiger partial charge in [0.2, 0.25) is 0 Å². The lowest BCUT2D eigenvalue weighted by atomic mass is 10.0. The molecule has 4 aromatic rings. The SMILES string of the molecule is O=C(COc1ccccc1)Nc1cccc(NC(=S)NC(=O)c2ccc(-c3ccccc3)cc2)c1. The maximum Gasteiger partial charge on any atom is 0.262 e. The van der Waals surface area contributed by atoms with Gasteiger partial charge in [-0.25, -0.2) is 0 Å². The number of carbonyl (C=O) groups excluding carboxylic acids is 2. The maximum atomic E-state index is 12.6. The Kier molecular flexibility index (Phi) is 7.83. The second-order valence-electron chi connectivity index (χ2n) is 7.58. The Morgan fingerprint density at radius 1 is 0.686 bits per heavy atom. The second-order valence-corrected chi connectivity index (χ2v) is 7.99. The molecular weight excluding hydrogens is 458 g/mol. The number of amides is 2. The normalized spacial score (nSPS) is 10.2. The van der Waals surface area contributed by atoms with Gasteiger partial charge in [-0.2, -0.15) is 0 Å². The van der Waals surface area contributed by atoms with Crippen LogP contribution < -0.4 is 20.7 Å². The Balaban J connectivity index is 1.29. The van der Waals surface area contributed by atoms with Crippen LogP contribution in [0.15, 0.2) is 109 Å². The average Bonchev–Trinajstić information content (AvgIpc) is 2.89. The highest BCUT2D eigenvalue weighted by molar-refractivity contribution is 7.80. The lowest BCUT2D eigenvalue weighted by molar-refractivity contribution is -0.118. The number of carbonyl (C=O) groups is 2. The van der Waals surface area contributed by atoms with Crippen molar-refractivity contribution in [3.05, 3.63) is 115 Å². The third-order valence-electron chi connectivity index (χ3n) is 5.00. The van der Waals surface area contributed by atoms with Crippen LogP contribution in [0.5, 0.6) is 5.75 Å². The highest BCUT2D eigenvalue weighted by Crippen LogP contribution is 2.19. The van der Waals surface area contributed by atoms with Crippen molar-refractivity contribution in [1.29, 1.82) is 0 Å². The van der Waals surface area contributed by atoms with Crippen LogP contribution in [0.3, 0.4) is 0 Å². The Morgan fingerprint density at radius 3 is 1.97 bits per heavy atom. The van der Waals surface area contributed by atoms with E-state index in [-0.39, 0.29) is 23.5 Å². The number of benzene rings is 4. The fourth-order valence-electron chi connectivity index (χ4n) is 3.32. The molecule has 0 atom stereocenters. The van der Waals surface area contributed by atoms with Crippen LogP contribution in [0.25, 0.3) is 11.1 Å². The van der Waals surface area contributed by atoms with Crippen molar-refractivity contribution in [1.82, 2.24) is 5.32 Å². The minimum absolute atomic E-state index is 0.112. The van der Waals surface area contributed by atoms with Crippen molar-refractivity contribution >= 4 is 40.5 Å². The van der Waals surface area contributed by atoms with Crippen molar-refractivity contribution in [3.8, 4) is 16.9 Å². The molecule has 0 aliphatic heterocycles. The molecule has 6 nitrogen and oxygen atoms in total. The summed E-state index contributed by atoms with van der Waals surface area (Å²) in [6.07, 6.45) is 0. The van der Waals surface area contributed by atoms with Crippen molar-refractivity contribution in [2.45, 2.75) is 0 Å². The second kappa shape index (κ2) is 11.6. The van der Waals surface area contributed by atoms with Gasteiger partial charge in [-0.1, -0.05) is 66.7 Å². The lowest BCUT2D eigenvalue weighted by Crippen LogP contribution is -2.34. The van der Waals surface area contributed by atoms with Crippen molar-refractivity contribution in [2.24, 2.45) is 0 Å². The van der Waals surface area contributed by atoms with E-state index in [4.69, 9.17) is 17.0 Å². The van der Waals surface area contributed by atoms with E-state index in [1.165, 1.54) is 0 Å². The zero-order valence-electron chi connectivity index (χ0n) is 18.7. The van der Waals surface area contributed by atoms with Gasteiger partial charge in [0.25, 0.3) is 11.8 Å². The molecule has 3 N–H and O–H groups in total. The van der Waals surface area contributed by atoms with Crippen LogP contribution in [0.1, 0.15) is 10.4 Å². The van der Waals surface area contributed by atoms with Crippen molar-refractivity contribution in [3.63, 3.8) is 0 Å². The topological polar surface area (TPSA) is 79.5 Å². The predicted molar refractivity (Wildman–Crippen MR) is 143 cm³/mol. The summed E-state index contributed by atoms with van der Waals surface area (Å²) in [6.45, 7) is -0.112. The first-order valence-electron chi connectivity index (χ1n) is 10.9. The summed E-state index contributed by atoms with van der Waals surface area (Å²) in [6, 6.07) is 33.4. The van der Waals surface area contributed by atoms with Gasteiger partial charge in [-0.15, -0.1) is 0 Å². The van der Waals surface area contributed by atoms with Crippen molar-refractivity contribution in [2.75, 3.05) is 17.2 Å². The molecule has 4 rings (SSSR count). The first-order valence-corrected chi connectivity index (χ1v) is 11.3. The number of para-hydroxylation sites is 1. The third kappa shape index (κ3) is 6.99. The number of anilines is 2. The van der Waals surface area contributed by atoms with E-state index in [0.717, 1.165) is 11.1 Å². The van der Waals surface area contributed by atoms with Crippen LogP contribution in [0, 0.1) is 0 Å². The molecular formula is C28H23N3O3S. The van der Waals surface area contributed by atoms with E-state index in [2.05, 4.69) is 16.0 Å². The Morgan fingerprint density at radius 2 is 1.29 bits per heavy atom. The van der Waals surface area contributed by atoms with Gasteiger partial charge in [-0.3, -0.25) is 14.9 Å². The first-order chi connectivity index (χ1) is 17.1. The van der Waals surface area contributed by atoms with Crippen LogP contribution in [-0.2, 0) is 4.79 Å². The molecule has 0 aliphatic carbocycles. The quantitative estimate of drug-likeness (QED) is 0.304. The van der Waals surface area contributed by atoms with Gasteiger partial charge in [0.05, 0.1) is 0 Å². The monoisotopic (exact) mass is 481 g/mol. The number of thiocarbonyl (C=S) groups is 1. The fourth-order valence-corrected chi connectivity index (χ4v) is 3.53. The van der Waals surface area contributed by atoms with E-state index < -0.39 is 0 Å². The van der Waals surface area contributed by atoms with E-state index in [1.807, 2.05) is 60.7 Å². The van der Waals surface area contributed by atoms with E-state index in [1.54, 1.807) is 48.5 Å². The maximum absolute atomic E-state index is 12.6. The fraction of sp³-hybridized carbons (Fsp3) is 0.0357. The van der Waals surface area contributed by atoms with Crippen LogP contribution in [0.2, 0.25) is 0 Å². The Labute approximate surface area is 209 Å². The summed E-state index contributed by atoms with van der Waals surface area (Å²) >= 11 is 5.29.